The number of nitrogens with zero attached hydrogens (tertiary/aromatic N) is 2. The summed E-state index contributed by atoms with van der Waals surface area (Å²) in [7, 11) is 0. The standard InChI is InChI=1S/C13H8F3N3O/c14-13(15,16)8-1-3-9(4-2-8)20-12-6-5-10(18)11(7-17)19-12/h1-6H,18H2. The van der Waals surface area contributed by atoms with Gasteiger partial charge in [0.05, 0.1) is 11.3 Å². The maximum Gasteiger partial charge on any atom is 0.416 e. The van der Waals surface area contributed by atoms with E-state index in [0.29, 0.717) is 0 Å². The summed E-state index contributed by atoms with van der Waals surface area (Å²) in [5.74, 6) is 0.259. The van der Waals surface area contributed by atoms with Crippen molar-refractivity contribution in [3.8, 4) is 17.7 Å². The van der Waals surface area contributed by atoms with Crippen LogP contribution >= 0.6 is 0 Å². The molecule has 1 aromatic heterocycles. The lowest BCUT2D eigenvalue weighted by atomic mass is 10.2. The van der Waals surface area contributed by atoms with E-state index < -0.39 is 11.7 Å². The molecule has 7 heteroatoms. The molecular formula is C13H8F3N3O. The maximum absolute atomic E-state index is 12.4. The van der Waals surface area contributed by atoms with Crippen molar-refractivity contribution >= 4 is 5.69 Å². The molecular weight excluding hydrogens is 271 g/mol. The van der Waals surface area contributed by atoms with Gasteiger partial charge in [-0.15, -0.1) is 0 Å². The van der Waals surface area contributed by atoms with Crippen LogP contribution < -0.4 is 10.5 Å². The van der Waals surface area contributed by atoms with Gasteiger partial charge >= 0.3 is 6.18 Å². The molecule has 1 aromatic carbocycles. The predicted molar refractivity (Wildman–Crippen MR) is 64.9 cm³/mol. The summed E-state index contributed by atoms with van der Waals surface area (Å²) in [6.07, 6.45) is -4.40. The highest BCUT2D eigenvalue weighted by Gasteiger charge is 2.30. The first-order valence-electron chi connectivity index (χ1n) is 5.42. The van der Waals surface area contributed by atoms with E-state index in [1.54, 1.807) is 6.07 Å². The van der Waals surface area contributed by atoms with Gasteiger partial charge in [-0.25, -0.2) is 4.98 Å². The third-order valence-electron chi connectivity index (χ3n) is 2.41. The Kier molecular flexibility index (Phi) is 3.48. The highest BCUT2D eigenvalue weighted by atomic mass is 19.4. The number of benzene rings is 1. The Morgan fingerprint density at radius 2 is 1.75 bits per heavy atom. The van der Waals surface area contributed by atoms with Gasteiger partial charge in [0.15, 0.2) is 5.69 Å². The van der Waals surface area contributed by atoms with Gasteiger partial charge in [0, 0.05) is 6.07 Å². The van der Waals surface area contributed by atoms with Crippen molar-refractivity contribution in [1.29, 1.82) is 5.26 Å². The summed E-state index contributed by atoms with van der Waals surface area (Å²) in [6, 6.07) is 8.79. The molecule has 0 aliphatic heterocycles. The van der Waals surface area contributed by atoms with Gasteiger partial charge in [-0.2, -0.15) is 18.4 Å². The van der Waals surface area contributed by atoms with Crippen molar-refractivity contribution in [3.63, 3.8) is 0 Å². The van der Waals surface area contributed by atoms with Crippen molar-refractivity contribution < 1.29 is 17.9 Å². The maximum atomic E-state index is 12.4. The van der Waals surface area contributed by atoms with Gasteiger partial charge < -0.3 is 10.5 Å². The first kappa shape index (κ1) is 13.7. The van der Waals surface area contributed by atoms with Crippen LogP contribution in [-0.4, -0.2) is 4.98 Å². The molecule has 0 radical (unpaired) electrons. The molecule has 1 heterocycles. The zero-order valence-corrected chi connectivity index (χ0v) is 9.98. The fraction of sp³-hybridized carbons (Fsp3) is 0.0769. The third-order valence-corrected chi connectivity index (χ3v) is 2.41. The number of rotatable bonds is 2. The molecule has 102 valence electrons. The van der Waals surface area contributed by atoms with Crippen molar-refractivity contribution in [1.82, 2.24) is 4.98 Å². The first-order valence-corrected chi connectivity index (χ1v) is 5.42. The smallest absolute Gasteiger partial charge is 0.416 e. The lowest BCUT2D eigenvalue weighted by molar-refractivity contribution is -0.137. The normalized spacial score (nSPS) is 10.9. The molecule has 2 rings (SSSR count). The van der Waals surface area contributed by atoms with E-state index >= 15 is 0 Å². The molecule has 20 heavy (non-hydrogen) atoms. The van der Waals surface area contributed by atoms with Gasteiger partial charge in [-0.05, 0) is 30.3 Å². The Hall–Kier alpha value is -2.75. The number of nitrogens with two attached hydrogens (primary N) is 1. The third kappa shape index (κ3) is 2.98. The highest BCUT2D eigenvalue weighted by molar-refractivity contribution is 5.51. The molecule has 0 fully saturated rings. The van der Waals surface area contributed by atoms with E-state index in [9.17, 15) is 13.2 Å². The van der Waals surface area contributed by atoms with Crippen LogP contribution in [0.2, 0.25) is 0 Å². The van der Waals surface area contributed by atoms with Gasteiger partial charge in [0.25, 0.3) is 0 Å². The minimum atomic E-state index is -4.40. The van der Waals surface area contributed by atoms with Crippen LogP contribution in [-0.2, 0) is 6.18 Å². The highest BCUT2D eigenvalue weighted by Crippen LogP contribution is 2.31. The molecule has 0 aliphatic rings. The predicted octanol–water partition coefficient (Wildman–Crippen LogP) is 3.35. The van der Waals surface area contributed by atoms with Crippen LogP contribution in [0.25, 0.3) is 0 Å². The molecule has 2 N–H and O–H groups in total. The fourth-order valence-electron chi connectivity index (χ4n) is 1.43. The van der Waals surface area contributed by atoms with E-state index in [0.717, 1.165) is 12.1 Å². The van der Waals surface area contributed by atoms with E-state index in [1.807, 2.05) is 0 Å². The van der Waals surface area contributed by atoms with Crippen LogP contribution in [0.5, 0.6) is 11.6 Å². The Balaban J connectivity index is 2.21. The molecule has 4 nitrogen and oxygen atoms in total. The Bertz CT molecular complexity index is 660. The summed E-state index contributed by atoms with van der Waals surface area (Å²) in [5, 5.41) is 8.76. The second-order valence-electron chi connectivity index (χ2n) is 3.82. The lowest BCUT2D eigenvalue weighted by Crippen LogP contribution is -2.04. The number of pyridine rings is 1. The van der Waals surface area contributed by atoms with Crippen molar-refractivity contribution in [3.05, 3.63) is 47.7 Å². The monoisotopic (exact) mass is 279 g/mol. The minimum Gasteiger partial charge on any atom is -0.439 e. The summed E-state index contributed by atoms with van der Waals surface area (Å²) in [6.45, 7) is 0. The van der Waals surface area contributed by atoms with Gasteiger partial charge in [0.2, 0.25) is 5.88 Å². The summed E-state index contributed by atoms with van der Waals surface area (Å²) >= 11 is 0. The topological polar surface area (TPSA) is 71.9 Å². The average Bonchev–Trinajstić information content (AvgIpc) is 2.40. The van der Waals surface area contributed by atoms with E-state index in [2.05, 4.69) is 4.98 Å². The molecule has 2 aromatic rings. The summed E-state index contributed by atoms with van der Waals surface area (Å²) in [4.78, 5) is 3.83. The zero-order chi connectivity index (χ0) is 14.8. The number of hydrogen-bond donors (Lipinski definition) is 1. The number of alkyl halides is 3. The SMILES string of the molecule is N#Cc1nc(Oc2ccc(C(F)(F)F)cc2)ccc1N. The Morgan fingerprint density at radius 3 is 2.30 bits per heavy atom. The van der Waals surface area contributed by atoms with Gasteiger partial charge in [-0.1, -0.05) is 0 Å². The lowest BCUT2D eigenvalue weighted by Gasteiger charge is -2.08. The first-order chi connectivity index (χ1) is 9.40. The largest absolute Gasteiger partial charge is 0.439 e. The van der Waals surface area contributed by atoms with Crippen molar-refractivity contribution in [2.45, 2.75) is 6.18 Å². The number of hydrogen-bond acceptors (Lipinski definition) is 4. The van der Waals surface area contributed by atoms with E-state index in [-0.39, 0.29) is 23.0 Å². The number of nitriles is 1. The Morgan fingerprint density at radius 1 is 1.10 bits per heavy atom. The molecule has 0 amide bonds. The molecule has 0 atom stereocenters. The molecule has 0 saturated carbocycles. The number of halogens is 3. The second-order valence-corrected chi connectivity index (χ2v) is 3.82. The summed E-state index contributed by atoms with van der Waals surface area (Å²) < 4.78 is 42.4. The molecule has 0 aliphatic carbocycles. The Labute approximate surface area is 112 Å². The van der Waals surface area contributed by atoms with Gasteiger partial charge in [0.1, 0.15) is 11.8 Å². The van der Waals surface area contributed by atoms with Gasteiger partial charge in [-0.3, -0.25) is 0 Å². The number of ether oxygens (including phenoxy) is 1. The number of aromatic nitrogens is 1. The van der Waals surface area contributed by atoms with Crippen LogP contribution in [0.1, 0.15) is 11.3 Å². The molecule has 0 saturated heterocycles. The zero-order valence-electron chi connectivity index (χ0n) is 9.98. The van der Waals surface area contributed by atoms with Crippen molar-refractivity contribution in [2.24, 2.45) is 0 Å². The molecule has 0 unspecified atom stereocenters. The number of nitrogen functional groups attached to an aromatic ring is 1. The van der Waals surface area contributed by atoms with Crippen LogP contribution in [0, 0.1) is 11.3 Å². The second kappa shape index (κ2) is 5.09. The van der Waals surface area contributed by atoms with Crippen LogP contribution in [0.3, 0.4) is 0 Å². The molecule has 0 spiro atoms. The van der Waals surface area contributed by atoms with Crippen molar-refractivity contribution in [2.75, 3.05) is 5.73 Å². The van der Waals surface area contributed by atoms with E-state index in [1.165, 1.54) is 24.3 Å². The van der Waals surface area contributed by atoms with Crippen LogP contribution in [0.15, 0.2) is 36.4 Å². The number of anilines is 1. The van der Waals surface area contributed by atoms with E-state index in [4.69, 9.17) is 15.7 Å². The molecule has 0 bridgehead atoms. The van der Waals surface area contributed by atoms with Crippen LogP contribution in [0.4, 0.5) is 18.9 Å². The minimum absolute atomic E-state index is 0.00517. The quantitative estimate of drug-likeness (QED) is 0.915. The summed E-state index contributed by atoms with van der Waals surface area (Å²) in [5.41, 5.74) is 4.92. The average molecular weight is 279 g/mol. The fourth-order valence-corrected chi connectivity index (χ4v) is 1.43.